The normalized spacial score (nSPS) is 9.86. The van der Waals surface area contributed by atoms with E-state index >= 15 is 0 Å². The van der Waals surface area contributed by atoms with Crippen LogP contribution in [0.25, 0.3) is 5.57 Å². The lowest BCUT2D eigenvalue weighted by Crippen LogP contribution is -1.97. The Morgan fingerprint density at radius 1 is 1.43 bits per heavy atom. The number of benzene rings is 1. The molecule has 0 aliphatic rings. The van der Waals surface area contributed by atoms with E-state index in [1.165, 1.54) is 5.56 Å². The van der Waals surface area contributed by atoms with E-state index in [1.807, 2.05) is 13.0 Å². The van der Waals surface area contributed by atoms with Gasteiger partial charge >= 0.3 is 0 Å². The monoisotopic (exact) mass is 187 g/mol. The van der Waals surface area contributed by atoms with Crippen LogP contribution in [0.3, 0.4) is 0 Å². The Balaban J connectivity index is 3.19. The highest BCUT2D eigenvalue weighted by Crippen LogP contribution is 2.27. The molecule has 0 atom stereocenters. The lowest BCUT2D eigenvalue weighted by Gasteiger charge is -2.11. The fourth-order valence-electron chi connectivity index (χ4n) is 1.56. The van der Waals surface area contributed by atoms with Crippen LogP contribution in [0.15, 0.2) is 31.4 Å². The van der Waals surface area contributed by atoms with Crippen LogP contribution in [-0.4, -0.2) is 0 Å². The summed E-state index contributed by atoms with van der Waals surface area (Å²) in [5.74, 6) is 0. The van der Waals surface area contributed by atoms with E-state index in [2.05, 4.69) is 32.2 Å². The Hall–Kier alpha value is -1.50. The number of nitrogen functional groups attached to an aromatic ring is 1. The average molecular weight is 187 g/mol. The van der Waals surface area contributed by atoms with Crippen molar-refractivity contribution < 1.29 is 0 Å². The molecule has 0 bridgehead atoms. The molecular weight excluding hydrogens is 170 g/mol. The Morgan fingerprint density at radius 3 is 2.64 bits per heavy atom. The van der Waals surface area contributed by atoms with Crippen molar-refractivity contribution in [1.29, 1.82) is 0 Å². The van der Waals surface area contributed by atoms with E-state index in [-0.39, 0.29) is 0 Å². The largest absolute Gasteiger partial charge is 0.398 e. The lowest BCUT2D eigenvalue weighted by molar-refractivity contribution is 1.33. The van der Waals surface area contributed by atoms with Gasteiger partial charge in [0.2, 0.25) is 0 Å². The predicted octanol–water partition coefficient (Wildman–Crippen LogP) is 3.47. The fraction of sp³-hybridized carbons (Fsp3) is 0.231. The first kappa shape index (κ1) is 10.6. The first-order chi connectivity index (χ1) is 6.56. The molecule has 1 nitrogen and oxygen atoms in total. The Labute approximate surface area is 85.9 Å². The zero-order chi connectivity index (χ0) is 10.7. The average Bonchev–Trinajstić information content (AvgIpc) is 2.11. The van der Waals surface area contributed by atoms with Gasteiger partial charge in [-0.25, -0.2) is 0 Å². The van der Waals surface area contributed by atoms with Crippen molar-refractivity contribution in [1.82, 2.24) is 0 Å². The van der Waals surface area contributed by atoms with Crippen LogP contribution in [0.2, 0.25) is 0 Å². The van der Waals surface area contributed by atoms with Crippen molar-refractivity contribution in [2.24, 2.45) is 0 Å². The smallest absolute Gasteiger partial charge is 0.0420 e. The molecule has 0 saturated heterocycles. The molecule has 0 unspecified atom stereocenters. The highest BCUT2D eigenvalue weighted by Gasteiger charge is 2.05. The van der Waals surface area contributed by atoms with Gasteiger partial charge in [0, 0.05) is 11.3 Å². The van der Waals surface area contributed by atoms with Gasteiger partial charge in [-0.2, -0.15) is 0 Å². The molecule has 1 aromatic rings. The minimum Gasteiger partial charge on any atom is -0.398 e. The van der Waals surface area contributed by atoms with E-state index in [0.717, 1.165) is 28.8 Å². The third-order valence-electron chi connectivity index (χ3n) is 2.30. The zero-order valence-corrected chi connectivity index (χ0v) is 8.93. The third-order valence-corrected chi connectivity index (χ3v) is 2.30. The standard InChI is InChI=1S/C13H17N/c1-5-6-10(3)12-8-9(2)7-11(4)13(12)14/h5,7-8H,1,3,6,14H2,2,4H3. The molecule has 1 aromatic carbocycles. The molecule has 74 valence electrons. The maximum atomic E-state index is 5.99. The summed E-state index contributed by atoms with van der Waals surface area (Å²) >= 11 is 0. The Morgan fingerprint density at radius 2 is 2.07 bits per heavy atom. The number of hydrogen-bond donors (Lipinski definition) is 1. The molecule has 0 aliphatic carbocycles. The van der Waals surface area contributed by atoms with E-state index < -0.39 is 0 Å². The van der Waals surface area contributed by atoms with Gasteiger partial charge in [-0.3, -0.25) is 0 Å². The van der Waals surface area contributed by atoms with Crippen LogP contribution in [-0.2, 0) is 0 Å². The van der Waals surface area contributed by atoms with Gasteiger partial charge < -0.3 is 5.73 Å². The maximum Gasteiger partial charge on any atom is 0.0420 e. The Bertz CT molecular complexity index is 375. The number of aryl methyl sites for hydroxylation is 2. The minimum atomic E-state index is 0.785. The zero-order valence-electron chi connectivity index (χ0n) is 8.93. The minimum absolute atomic E-state index is 0.785. The number of nitrogens with two attached hydrogens (primary N) is 1. The summed E-state index contributed by atoms with van der Waals surface area (Å²) in [6.45, 7) is 11.8. The molecule has 0 saturated carbocycles. The van der Waals surface area contributed by atoms with E-state index in [1.54, 1.807) is 0 Å². The van der Waals surface area contributed by atoms with Gasteiger partial charge in [0.25, 0.3) is 0 Å². The lowest BCUT2D eigenvalue weighted by atomic mass is 9.97. The summed E-state index contributed by atoms with van der Waals surface area (Å²) in [5, 5.41) is 0. The van der Waals surface area contributed by atoms with Crippen molar-refractivity contribution in [3.8, 4) is 0 Å². The van der Waals surface area contributed by atoms with Gasteiger partial charge in [-0.1, -0.05) is 24.3 Å². The van der Waals surface area contributed by atoms with E-state index in [4.69, 9.17) is 5.73 Å². The molecule has 0 spiro atoms. The van der Waals surface area contributed by atoms with Crippen LogP contribution < -0.4 is 5.73 Å². The van der Waals surface area contributed by atoms with Crippen molar-refractivity contribution in [3.05, 3.63) is 48.1 Å². The molecule has 1 rings (SSSR count). The fourth-order valence-corrected chi connectivity index (χ4v) is 1.56. The Kier molecular flexibility index (Phi) is 3.13. The number of allylic oxidation sites excluding steroid dienone is 2. The summed E-state index contributed by atoms with van der Waals surface area (Å²) in [4.78, 5) is 0. The highest BCUT2D eigenvalue weighted by molar-refractivity contribution is 5.76. The number of rotatable bonds is 3. The summed E-state index contributed by atoms with van der Waals surface area (Å²) in [7, 11) is 0. The van der Waals surface area contributed by atoms with Crippen LogP contribution in [0.1, 0.15) is 23.1 Å². The highest BCUT2D eigenvalue weighted by atomic mass is 14.6. The van der Waals surface area contributed by atoms with Gasteiger partial charge in [-0.15, -0.1) is 6.58 Å². The molecule has 0 aliphatic heterocycles. The van der Waals surface area contributed by atoms with Crippen molar-refractivity contribution in [2.45, 2.75) is 20.3 Å². The predicted molar refractivity (Wildman–Crippen MR) is 64.2 cm³/mol. The van der Waals surface area contributed by atoms with E-state index in [9.17, 15) is 0 Å². The van der Waals surface area contributed by atoms with Crippen LogP contribution >= 0.6 is 0 Å². The molecular formula is C13H17N. The molecule has 2 N–H and O–H groups in total. The molecule has 1 heteroatoms. The van der Waals surface area contributed by atoms with Gasteiger partial charge in [-0.05, 0) is 37.5 Å². The first-order valence-corrected chi connectivity index (χ1v) is 4.72. The molecule has 14 heavy (non-hydrogen) atoms. The second kappa shape index (κ2) is 4.14. The van der Waals surface area contributed by atoms with Gasteiger partial charge in [0.1, 0.15) is 0 Å². The van der Waals surface area contributed by atoms with Gasteiger partial charge in [0.05, 0.1) is 0 Å². The van der Waals surface area contributed by atoms with Crippen molar-refractivity contribution in [3.63, 3.8) is 0 Å². The molecule has 0 fully saturated rings. The van der Waals surface area contributed by atoms with Crippen LogP contribution in [0.5, 0.6) is 0 Å². The SMILES string of the molecule is C=CCC(=C)c1cc(C)cc(C)c1N. The molecule has 0 heterocycles. The third kappa shape index (κ3) is 2.05. The van der Waals surface area contributed by atoms with Crippen molar-refractivity contribution >= 4 is 11.3 Å². The molecule has 0 radical (unpaired) electrons. The van der Waals surface area contributed by atoms with Gasteiger partial charge in [0.15, 0.2) is 0 Å². The summed E-state index contributed by atoms with van der Waals surface area (Å²) in [5.41, 5.74) is 11.2. The first-order valence-electron chi connectivity index (χ1n) is 4.72. The number of hydrogen-bond acceptors (Lipinski definition) is 1. The second-order valence-corrected chi connectivity index (χ2v) is 3.64. The molecule has 0 amide bonds. The summed E-state index contributed by atoms with van der Waals surface area (Å²) < 4.78 is 0. The summed E-state index contributed by atoms with van der Waals surface area (Å²) in [6, 6.07) is 4.16. The van der Waals surface area contributed by atoms with Crippen LogP contribution in [0, 0.1) is 13.8 Å². The van der Waals surface area contributed by atoms with Crippen LogP contribution in [0.4, 0.5) is 5.69 Å². The quantitative estimate of drug-likeness (QED) is 0.569. The molecule has 0 aromatic heterocycles. The maximum absolute atomic E-state index is 5.99. The van der Waals surface area contributed by atoms with E-state index in [0.29, 0.717) is 0 Å². The summed E-state index contributed by atoms with van der Waals surface area (Å²) in [6.07, 6.45) is 2.63. The van der Waals surface area contributed by atoms with Crippen molar-refractivity contribution in [2.75, 3.05) is 5.73 Å². The topological polar surface area (TPSA) is 26.0 Å². The number of anilines is 1. The second-order valence-electron chi connectivity index (χ2n) is 3.64.